The van der Waals surface area contributed by atoms with Crippen molar-refractivity contribution >= 4 is 17.3 Å². The predicted molar refractivity (Wildman–Crippen MR) is 69.2 cm³/mol. The molecule has 1 saturated heterocycles. The first-order valence-electron chi connectivity index (χ1n) is 6.05. The largest absolute Gasteiger partial charge is 0.490 e. The fourth-order valence-corrected chi connectivity index (χ4v) is 2.10. The number of aliphatic carboxylic acids is 1. The second-order valence-electron chi connectivity index (χ2n) is 4.38. The molecule has 21 heavy (non-hydrogen) atoms. The van der Waals surface area contributed by atoms with Crippen molar-refractivity contribution < 1.29 is 28.7 Å². The van der Waals surface area contributed by atoms with E-state index in [-0.39, 0.29) is 31.1 Å². The Morgan fingerprint density at radius 3 is 2.90 bits per heavy atom. The van der Waals surface area contributed by atoms with Crippen LogP contribution in [0.1, 0.15) is 0 Å². The van der Waals surface area contributed by atoms with Gasteiger partial charge < -0.3 is 19.5 Å². The number of hydrogen-bond donors (Lipinski definition) is 1. The van der Waals surface area contributed by atoms with Gasteiger partial charge in [0.05, 0.1) is 36.9 Å². The minimum absolute atomic E-state index is 0.0481. The Kier molecular flexibility index (Phi) is 4.22. The van der Waals surface area contributed by atoms with Gasteiger partial charge in [0.25, 0.3) is 0 Å². The van der Waals surface area contributed by atoms with Gasteiger partial charge >= 0.3 is 11.7 Å². The van der Waals surface area contributed by atoms with E-state index in [2.05, 4.69) is 0 Å². The van der Waals surface area contributed by atoms with Gasteiger partial charge in [-0.1, -0.05) is 0 Å². The normalized spacial score (nSPS) is 18.4. The summed E-state index contributed by atoms with van der Waals surface area (Å²) in [4.78, 5) is 22.4. The summed E-state index contributed by atoms with van der Waals surface area (Å²) in [7, 11) is 1.24. The molecular weight excluding hydrogens is 287 g/mol. The number of ether oxygens (including phenoxy) is 2. The van der Waals surface area contributed by atoms with Crippen LogP contribution in [-0.4, -0.2) is 48.9 Å². The summed E-state index contributed by atoms with van der Waals surface area (Å²) in [6, 6.07) is 1.96. The molecule has 1 aromatic carbocycles. The molecule has 0 radical (unpaired) electrons. The lowest BCUT2D eigenvalue weighted by Crippen LogP contribution is -2.46. The van der Waals surface area contributed by atoms with Crippen molar-refractivity contribution in [3.63, 3.8) is 0 Å². The molecule has 0 spiro atoms. The molecule has 1 N–H and O–H groups in total. The first kappa shape index (κ1) is 15.0. The van der Waals surface area contributed by atoms with Crippen molar-refractivity contribution in [3.8, 4) is 5.75 Å². The Hall–Kier alpha value is -2.42. The molecule has 1 atom stereocenters. The zero-order chi connectivity index (χ0) is 15.6. The molecule has 1 aromatic rings. The summed E-state index contributed by atoms with van der Waals surface area (Å²) in [5.41, 5.74) is -0.436. The number of benzene rings is 1. The fraction of sp³-hybridized carbons (Fsp3) is 0.417. The van der Waals surface area contributed by atoms with Gasteiger partial charge in [-0.15, -0.1) is 0 Å². The summed E-state index contributed by atoms with van der Waals surface area (Å²) in [5, 5.41) is 19.7. The molecule has 2 rings (SSSR count). The Morgan fingerprint density at radius 2 is 2.33 bits per heavy atom. The molecule has 0 aliphatic carbocycles. The highest BCUT2D eigenvalue weighted by molar-refractivity contribution is 5.74. The van der Waals surface area contributed by atoms with Gasteiger partial charge in [0.1, 0.15) is 0 Å². The van der Waals surface area contributed by atoms with Gasteiger partial charge in [0, 0.05) is 12.6 Å². The van der Waals surface area contributed by atoms with Crippen LogP contribution in [0, 0.1) is 15.9 Å². The molecule has 8 nitrogen and oxygen atoms in total. The molecule has 0 bridgehead atoms. The Balaban J connectivity index is 2.35. The lowest BCUT2D eigenvalue weighted by atomic mass is 10.2. The van der Waals surface area contributed by atoms with E-state index in [1.165, 1.54) is 18.1 Å². The topological polar surface area (TPSA) is 102 Å². The number of halogens is 1. The number of nitro groups is 1. The summed E-state index contributed by atoms with van der Waals surface area (Å²) < 4.78 is 24.0. The number of methoxy groups -OCH3 is 1. The lowest BCUT2D eigenvalue weighted by molar-refractivity contribution is -0.385. The van der Waals surface area contributed by atoms with E-state index >= 15 is 0 Å². The number of nitrogens with zero attached hydrogens (tertiary/aromatic N) is 2. The number of hydrogen-bond acceptors (Lipinski definition) is 6. The number of nitro benzene ring substituents is 1. The van der Waals surface area contributed by atoms with Gasteiger partial charge in [-0.3, -0.25) is 10.1 Å². The van der Waals surface area contributed by atoms with Gasteiger partial charge in [-0.05, 0) is 0 Å². The minimum Gasteiger partial charge on any atom is -0.490 e. The van der Waals surface area contributed by atoms with Crippen LogP contribution in [0.5, 0.6) is 5.75 Å². The molecule has 114 valence electrons. The van der Waals surface area contributed by atoms with Gasteiger partial charge in [-0.2, -0.15) is 0 Å². The number of anilines is 1. The maximum Gasteiger partial charge on any atom is 0.334 e. The highest BCUT2D eigenvalue weighted by Gasteiger charge is 2.29. The lowest BCUT2D eigenvalue weighted by Gasteiger charge is -2.32. The van der Waals surface area contributed by atoms with E-state index in [4.69, 9.17) is 14.6 Å². The fourth-order valence-electron chi connectivity index (χ4n) is 2.10. The number of carboxylic acid groups (broad SMARTS) is 1. The molecule has 1 unspecified atom stereocenters. The van der Waals surface area contributed by atoms with E-state index in [1.807, 2.05) is 0 Å². The van der Waals surface area contributed by atoms with Crippen LogP contribution < -0.4 is 9.64 Å². The number of rotatable bonds is 4. The maximum absolute atomic E-state index is 14.0. The molecule has 0 saturated carbocycles. The summed E-state index contributed by atoms with van der Waals surface area (Å²) in [6.45, 7) is 0.352. The predicted octanol–water partition coefficient (Wildman–Crippen LogP) is 1.03. The third-order valence-corrected chi connectivity index (χ3v) is 3.13. The summed E-state index contributed by atoms with van der Waals surface area (Å²) >= 11 is 0. The van der Waals surface area contributed by atoms with Crippen molar-refractivity contribution in [2.45, 2.75) is 6.10 Å². The average Bonchev–Trinajstić information content (AvgIpc) is 2.46. The first-order chi connectivity index (χ1) is 9.93. The van der Waals surface area contributed by atoms with Gasteiger partial charge in [0.2, 0.25) is 0 Å². The molecule has 1 aliphatic heterocycles. The summed E-state index contributed by atoms with van der Waals surface area (Å²) in [6.07, 6.45) is -1.07. The maximum atomic E-state index is 14.0. The van der Waals surface area contributed by atoms with E-state index < -0.39 is 28.5 Å². The van der Waals surface area contributed by atoms with Crippen molar-refractivity contribution in [1.29, 1.82) is 0 Å². The van der Waals surface area contributed by atoms with Crippen LogP contribution in [0.2, 0.25) is 0 Å². The molecule has 1 heterocycles. The Bertz CT molecular complexity index is 579. The molecule has 0 amide bonds. The van der Waals surface area contributed by atoms with E-state index in [0.717, 1.165) is 6.07 Å². The molecule has 0 aromatic heterocycles. The first-order valence-corrected chi connectivity index (χ1v) is 6.05. The minimum atomic E-state index is -1.14. The smallest absolute Gasteiger partial charge is 0.334 e. The van der Waals surface area contributed by atoms with Crippen LogP contribution >= 0.6 is 0 Å². The van der Waals surface area contributed by atoms with Crippen LogP contribution in [0.25, 0.3) is 0 Å². The third kappa shape index (κ3) is 3.02. The Labute approximate surface area is 118 Å². The van der Waals surface area contributed by atoms with Gasteiger partial charge in [0.15, 0.2) is 17.7 Å². The molecular formula is C12H13FN2O6. The second kappa shape index (κ2) is 5.92. The van der Waals surface area contributed by atoms with Crippen LogP contribution in [0.15, 0.2) is 12.1 Å². The van der Waals surface area contributed by atoms with E-state index in [0.29, 0.717) is 0 Å². The highest BCUT2D eigenvalue weighted by Crippen LogP contribution is 2.34. The quantitative estimate of drug-likeness (QED) is 0.654. The second-order valence-corrected chi connectivity index (χ2v) is 4.38. The molecule has 9 heteroatoms. The monoisotopic (exact) mass is 300 g/mol. The molecule has 1 fully saturated rings. The van der Waals surface area contributed by atoms with E-state index in [9.17, 15) is 19.3 Å². The van der Waals surface area contributed by atoms with Crippen molar-refractivity contribution in [3.05, 3.63) is 28.1 Å². The third-order valence-electron chi connectivity index (χ3n) is 3.13. The Morgan fingerprint density at radius 1 is 1.62 bits per heavy atom. The van der Waals surface area contributed by atoms with Crippen molar-refractivity contribution in [1.82, 2.24) is 0 Å². The summed E-state index contributed by atoms with van der Waals surface area (Å²) in [5.74, 6) is -2.04. The van der Waals surface area contributed by atoms with Crippen LogP contribution in [0.3, 0.4) is 0 Å². The number of carbonyl (C=O) groups is 1. The van der Waals surface area contributed by atoms with Crippen LogP contribution in [0.4, 0.5) is 15.8 Å². The van der Waals surface area contributed by atoms with Crippen molar-refractivity contribution in [2.24, 2.45) is 0 Å². The molecule has 1 aliphatic rings. The SMILES string of the molecule is COc1cc(N2CCOC(C(=O)O)C2)c(F)cc1[N+](=O)[O-]. The van der Waals surface area contributed by atoms with E-state index in [1.54, 1.807) is 0 Å². The highest BCUT2D eigenvalue weighted by atomic mass is 19.1. The van der Waals surface area contributed by atoms with Gasteiger partial charge in [-0.25, -0.2) is 9.18 Å². The average molecular weight is 300 g/mol. The zero-order valence-corrected chi connectivity index (χ0v) is 11.1. The van der Waals surface area contributed by atoms with Crippen molar-refractivity contribution in [2.75, 3.05) is 31.7 Å². The zero-order valence-electron chi connectivity index (χ0n) is 11.1. The number of carboxylic acids is 1. The standard InChI is InChI=1S/C12H13FN2O6/c1-20-10-5-8(7(13)4-9(10)15(18)19)14-2-3-21-11(6-14)12(16)17/h4-5,11H,2-3,6H2,1H3,(H,16,17). The number of morpholine rings is 1. The van der Waals surface area contributed by atoms with Crippen LogP contribution in [-0.2, 0) is 9.53 Å².